The van der Waals surface area contributed by atoms with Crippen LogP contribution in [0, 0.1) is 0 Å². The number of hydrogen-bond donors (Lipinski definition) is 3. The van der Waals surface area contributed by atoms with Crippen molar-refractivity contribution in [2.24, 2.45) is 9.98 Å². The Morgan fingerprint density at radius 2 is 2.11 bits per heavy atom. The van der Waals surface area contributed by atoms with Crippen molar-refractivity contribution in [1.82, 2.24) is 16.2 Å². The summed E-state index contributed by atoms with van der Waals surface area (Å²) in [5.41, 5.74) is 7.99. The van der Waals surface area contributed by atoms with Gasteiger partial charge in [0.25, 0.3) is 0 Å². The van der Waals surface area contributed by atoms with Gasteiger partial charge in [-0.15, -0.1) is 0 Å². The third-order valence-electron chi connectivity index (χ3n) is 3.98. The molecule has 0 aliphatic carbocycles. The second-order valence-electron chi connectivity index (χ2n) is 6.31. The molecule has 0 fully saturated rings. The number of nitrogens with zero attached hydrogens (tertiary/aromatic N) is 2. The molecule has 2 rings (SSSR count). The Morgan fingerprint density at radius 3 is 2.79 bits per heavy atom. The minimum atomic E-state index is -0.508. The predicted molar refractivity (Wildman–Crippen MR) is 112 cm³/mol. The molecule has 1 aliphatic heterocycles. The van der Waals surface area contributed by atoms with E-state index in [0.29, 0.717) is 18.4 Å². The Labute approximate surface area is 166 Å². The first-order valence-corrected chi connectivity index (χ1v) is 9.30. The molecule has 0 aromatic heterocycles. The first-order valence-electron chi connectivity index (χ1n) is 9.30. The normalized spacial score (nSPS) is 18.0. The maximum Gasteiger partial charge on any atom is 0.215 e. The summed E-state index contributed by atoms with van der Waals surface area (Å²) in [6.45, 7) is 7.80. The first kappa shape index (κ1) is 21.2. The number of hydrazine groups is 1. The van der Waals surface area contributed by atoms with Crippen molar-refractivity contribution in [3.8, 4) is 0 Å². The zero-order valence-corrected chi connectivity index (χ0v) is 16.8. The topological polar surface area (TPSA) is 70.0 Å². The quantitative estimate of drug-likeness (QED) is 0.358. The highest BCUT2D eigenvalue weighted by molar-refractivity contribution is 5.82. The summed E-state index contributed by atoms with van der Waals surface area (Å²) < 4.78 is 19.9. The van der Waals surface area contributed by atoms with Gasteiger partial charge in [-0.05, 0) is 44.9 Å². The molecule has 1 aliphatic rings. The average Bonchev–Trinajstić information content (AvgIpc) is 2.72. The summed E-state index contributed by atoms with van der Waals surface area (Å²) in [6, 6.07) is 9.84. The molecule has 6 nitrogen and oxygen atoms in total. The van der Waals surface area contributed by atoms with Crippen LogP contribution in [0.2, 0.25) is 0 Å². The average molecular weight is 385 g/mol. The fourth-order valence-corrected chi connectivity index (χ4v) is 2.38. The van der Waals surface area contributed by atoms with Crippen molar-refractivity contribution in [3.05, 3.63) is 71.2 Å². The predicted octanol–water partition coefficient (Wildman–Crippen LogP) is 4.07. The van der Waals surface area contributed by atoms with Gasteiger partial charge in [-0.3, -0.25) is 10.9 Å². The van der Waals surface area contributed by atoms with Crippen LogP contribution in [0.1, 0.15) is 39.7 Å². The van der Waals surface area contributed by atoms with Crippen LogP contribution in [0.4, 0.5) is 4.39 Å². The van der Waals surface area contributed by atoms with Crippen LogP contribution in [0.25, 0.3) is 0 Å². The van der Waals surface area contributed by atoms with E-state index in [-0.39, 0.29) is 11.7 Å². The van der Waals surface area contributed by atoms with E-state index in [1.165, 1.54) is 0 Å². The number of guanidine groups is 1. The monoisotopic (exact) mass is 385 g/mol. The van der Waals surface area contributed by atoms with Crippen molar-refractivity contribution >= 4 is 12.2 Å². The highest BCUT2D eigenvalue weighted by Crippen LogP contribution is 2.09. The molecular formula is C21H28FN5O. The third-order valence-corrected chi connectivity index (χ3v) is 3.98. The summed E-state index contributed by atoms with van der Waals surface area (Å²) >= 11 is 0. The minimum absolute atomic E-state index is 0.111. The molecule has 0 bridgehead atoms. The number of rotatable bonds is 8. The van der Waals surface area contributed by atoms with Crippen LogP contribution in [-0.4, -0.2) is 18.2 Å². The molecule has 3 N–H and O–H groups in total. The molecule has 0 saturated carbocycles. The zero-order chi connectivity index (χ0) is 20.4. The Kier molecular flexibility index (Phi) is 8.27. The Balaban J connectivity index is 1.88. The SMILES string of the molecule is C/C=C(/N=C/C(F)=C(\C)NNC1=NC(CC)C=C(C)N1)OCc1ccccc1. The second-order valence-corrected chi connectivity index (χ2v) is 6.31. The van der Waals surface area contributed by atoms with Gasteiger partial charge in [0.05, 0.1) is 18.0 Å². The van der Waals surface area contributed by atoms with Crippen LogP contribution in [0.5, 0.6) is 0 Å². The molecule has 0 spiro atoms. The van der Waals surface area contributed by atoms with Gasteiger partial charge in [-0.25, -0.2) is 14.4 Å². The summed E-state index contributed by atoms with van der Waals surface area (Å²) in [6.07, 6.45) is 5.76. The maximum atomic E-state index is 14.3. The van der Waals surface area contributed by atoms with Crippen LogP contribution < -0.4 is 16.2 Å². The van der Waals surface area contributed by atoms with Crippen LogP contribution in [0.3, 0.4) is 0 Å². The van der Waals surface area contributed by atoms with E-state index in [1.54, 1.807) is 19.9 Å². The lowest BCUT2D eigenvalue weighted by molar-refractivity contribution is 0.196. The van der Waals surface area contributed by atoms with Gasteiger partial charge in [-0.2, -0.15) is 0 Å². The molecule has 1 atom stereocenters. The number of halogens is 1. The van der Waals surface area contributed by atoms with E-state index in [1.807, 2.05) is 37.3 Å². The number of ether oxygens (including phenoxy) is 1. The van der Waals surface area contributed by atoms with Crippen molar-refractivity contribution < 1.29 is 9.13 Å². The standard InChI is InChI=1S/C21H28FN5O/c1-5-18-12-15(3)24-21(25-18)27-26-16(4)19(22)13-23-20(6-2)28-14-17-10-8-7-9-11-17/h6-13,18,26H,5,14H2,1-4H3,(H2,24,25,27)/b19-16-,20-6-,23-13+. The molecule has 0 radical (unpaired) electrons. The zero-order valence-electron chi connectivity index (χ0n) is 16.8. The molecule has 0 saturated heterocycles. The third kappa shape index (κ3) is 6.90. The van der Waals surface area contributed by atoms with Gasteiger partial charge in [0.1, 0.15) is 6.61 Å². The van der Waals surface area contributed by atoms with Crippen LogP contribution >= 0.6 is 0 Å². The largest absolute Gasteiger partial charge is 0.473 e. The molecule has 1 aromatic carbocycles. The van der Waals surface area contributed by atoms with E-state index in [2.05, 4.69) is 39.2 Å². The number of benzene rings is 1. The molecule has 0 amide bonds. The highest BCUT2D eigenvalue weighted by atomic mass is 19.1. The molecule has 1 heterocycles. The van der Waals surface area contributed by atoms with Crippen molar-refractivity contribution in [2.45, 2.75) is 46.8 Å². The molecule has 28 heavy (non-hydrogen) atoms. The van der Waals surface area contributed by atoms with E-state index in [9.17, 15) is 4.39 Å². The molecule has 1 aromatic rings. The Bertz CT molecular complexity index is 796. The van der Waals surface area contributed by atoms with Crippen LogP contribution in [0.15, 0.2) is 75.6 Å². The summed E-state index contributed by atoms with van der Waals surface area (Å²) in [5.74, 6) is 0.395. The molecule has 7 heteroatoms. The number of hydrogen-bond acceptors (Lipinski definition) is 6. The van der Waals surface area contributed by atoms with Crippen molar-refractivity contribution in [1.29, 1.82) is 0 Å². The van der Waals surface area contributed by atoms with Crippen molar-refractivity contribution in [3.63, 3.8) is 0 Å². The van der Waals surface area contributed by atoms with Crippen molar-refractivity contribution in [2.75, 3.05) is 0 Å². The molecular weight excluding hydrogens is 357 g/mol. The van der Waals surface area contributed by atoms with Gasteiger partial charge in [0.15, 0.2) is 5.83 Å². The lowest BCUT2D eigenvalue weighted by Crippen LogP contribution is -2.46. The molecule has 150 valence electrons. The first-order chi connectivity index (χ1) is 13.5. The highest BCUT2D eigenvalue weighted by Gasteiger charge is 2.11. The number of nitrogens with one attached hydrogen (secondary N) is 3. The number of aliphatic imine (C=N–C) groups is 2. The second kappa shape index (κ2) is 10.9. The van der Waals surface area contributed by atoms with E-state index < -0.39 is 5.83 Å². The fourth-order valence-electron chi connectivity index (χ4n) is 2.38. The van der Waals surface area contributed by atoms with Gasteiger partial charge >= 0.3 is 0 Å². The Morgan fingerprint density at radius 1 is 1.36 bits per heavy atom. The summed E-state index contributed by atoms with van der Waals surface area (Å²) in [4.78, 5) is 8.54. The maximum absolute atomic E-state index is 14.3. The van der Waals surface area contributed by atoms with Crippen LogP contribution in [-0.2, 0) is 11.3 Å². The van der Waals surface area contributed by atoms with E-state index >= 15 is 0 Å². The van der Waals surface area contributed by atoms with Gasteiger partial charge in [-0.1, -0.05) is 37.3 Å². The molecule has 1 unspecified atom stereocenters. The van der Waals surface area contributed by atoms with Gasteiger partial charge < -0.3 is 10.1 Å². The fraction of sp³-hybridized carbons (Fsp3) is 0.333. The lowest BCUT2D eigenvalue weighted by atomic mass is 10.2. The smallest absolute Gasteiger partial charge is 0.215 e. The van der Waals surface area contributed by atoms with E-state index in [0.717, 1.165) is 23.9 Å². The number of allylic oxidation sites excluding steroid dienone is 4. The lowest BCUT2D eigenvalue weighted by Gasteiger charge is -2.21. The summed E-state index contributed by atoms with van der Waals surface area (Å²) in [7, 11) is 0. The summed E-state index contributed by atoms with van der Waals surface area (Å²) in [5, 5.41) is 3.10. The van der Waals surface area contributed by atoms with E-state index in [4.69, 9.17) is 4.74 Å². The van der Waals surface area contributed by atoms with Gasteiger partial charge in [0.2, 0.25) is 11.8 Å². The Hall–Kier alpha value is -3.09. The minimum Gasteiger partial charge on any atom is -0.473 e. The van der Waals surface area contributed by atoms with Gasteiger partial charge in [0, 0.05) is 5.70 Å².